The van der Waals surface area contributed by atoms with Crippen molar-refractivity contribution < 1.29 is 14.4 Å². The van der Waals surface area contributed by atoms with Crippen molar-refractivity contribution in [3.8, 4) is 0 Å². The zero-order valence-corrected chi connectivity index (χ0v) is 16.7. The number of carbonyl (C=O) groups is 3. The van der Waals surface area contributed by atoms with Gasteiger partial charge >= 0.3 is 6.03 Å². The van der Waals surface area contributed by atoms with Crippen LogP contribution in [0.15, 0.2) is 48.2 Å². The minimum absolute atomic E-state index is 0.0304. The number of hydrogen-bond acceptors (Lipinski definition) is 3. The number of likely N-dealkylation sites (tertiary alicyclic amines) is 1. The van der Waals surface area contributed by atoms with Gasteiger partial charge in [0.1, 0.15) is 6.54 Å². The number of benzene rings is 1. The molecular formula is C22H26N4O3. The molecule has 0 aromatic heterocycles. The molecule has 3 heterocycles. The second-order valence-corrected chi connectivity index (χ2v) is 7.80. The van der Waals surface area contributed by atoms with E-state index >= 15 is 0 Å². The molecule has 1 saturated heterocycles. The standard InChI is InChI=1S/C22H26N4O3/c1-3-10-26-17-13-25(14-18(27)24-11-4-5-12-24)21(28)19(17)20(23-22(26)29)16-8-6-15(2)7-9-16/h3,6-9,20H,1,4-5,10-14H2,2H3,(H,23,29)/t20-/m1/s1. The van der Waals surface area contributed by atoms with Crippen molar-refractivity contribution in [3.63, 3.8) is 0 Å². The molecule has 0 bridgehead atoms. The second-order valence-electron chi connectivity index (χ2n) is 7.80. The first-order valence-electron chi connectivity index (χ1n) is 10.0. The third kappa shape index (κ3) is 3.52. The van der Waals surface area contributed by atoms with E-state index in [4.69, 9.17) is 0 Å². The fraction of sp³-hybridized carbons (Fsp3) is 0.409. The van der Waals surface area contributed by atoms with E-state index in [1.165, 1.54) is 0 Å². The topological polar surface area (TPSA) is 73.0 Å². The molecule has 1 aromatic carbocycles. The van der Waals surface area contributed by atoms with Gasteiger partial charge in [-0.25, -0.2) is 4.79 Å². The van der Waals surface area contributed by atoms with Crippen LogP contribution in [0.1, 0.15) is 30.0 Å². The van der Waals surface area contributed by atoms with Crippen LogP contribution in [0.5, 0.6) is 0 Å². The fourth-order valence-corrected chi connectivity index (χ4v) is 4.24. The Morgan fingerprint density at radius 2 is 1.90 bits per heavy atom. The van der Waals surface area contributed by atoms with Gasteiger partial charge in [0.2, 0.25) is 5.91 Å². The number of nitrogens with one attached hydrogen (secondary N) is 1. The quantitative estimate of drug-likeness (QED) is 0.776. The van der Waals surface area contributed by atoms with Crippen molar-refractivity contribution in [1.29, 1.82) is 0 Å². The lowest BCUT2D eigenvalue weighted by atomic mass is 9.95. The lowest BCUT2D eigenvalue weighted by Crippen LogP contribution is -2.47. The maximum atomic E-state index is 13.3. The van der Waals surface area contributed by atoms with Gasteiger partial charge in [-0.15, -0.1) is 6.58 Å². The molecule has 29 heavy (non-hydrogen) atoms. The molecule has 0 unspecified atom stereocenters. The van der Waals surface area contributed by atoms with Crippen molar-refractivity contribution in [1.82, 2.24) is 20.0 Å². The normalized spacial score (nSPS) is 21.6. The minimum atomic E-state index is -0.515. The Kier molecular flexibility index (Phi) is 5.13. The summed E-state index contributed by atoms with van der Waals surface area (Å²) in [6.07, 6.45) is 3.66. The van der Waals surface area contributed by atoms with Gasteiger partial charge in [0, 0.05) is 19.6 Å². The Balaban J connectivity index is 1.64. The van der Waals surface area contributed by atoms with Crippen molar-refractivity contribution in [2.45, 2.75) is 25.8 Å². The molecule has 7 heteroatoms. The Hall–Kier alpha value is -3.09. The third-order valence-electron chi connectivity index (χ3n) is 5.80. The largest absolute Gasteiger partial charge is 0.341 e. The average molecular weight is 394 g/mol. The zero-order valence-electron chi connectivity index (χ0n) is 16.7. The average Bonchev–Trinajstić information content (AvgIpc) is 3.34. The van der Waals surface area contributed by atoms with Crippen LogP contribution in [0.2, 0.25) is 0 Å². The summed E-state index contributed by atoms with van der Waals surface area (Å²) in [6.45, 7) is 7.84. The first-order chi connectivity index (χ1) is 14.0. The van der Waals surface area contributed by atoms with Crippen LogP contribution >= 0.6 is 0 Å². The van der Waals surface area contributed by atoms with Gasteiger partial charge < -0.3 is 15.1 Å². The number of rotatable bonds is 5. The summed E-state index contributed by atoms with van der Waals surface area (Å²) in [6, 6.07) is 7.02. The van der Waals surface area contributed by atoms with E-state index in [1.54, 1.807) is 15.9 Å². The Labute approximate surface area is 170 Å². The SMILES string of the molecule is C=CCN1C(=O)N[C@H](c2ccc(C)cc2)C2=C1CN(CC(=O)N1CCCC1)C2=O. The Morgan fingerprint density at radius 1 is 1.21 bits per heavy atom. The van der Waals surface area contributed by atoms with Crippen molar-refractivity contribution in [2.24, 2.45) is 0 Å². The Morgan fingerprint density at radius 3 is 2.55 bits per heavy atom. The van der Waals surface area contributed by atoms with Crippen molar-refractivity contribution in [2.75, 3.05) is 32.7 Å². The molecule has 0 saturated carbocycles. The highest BCUT2D eigenvalue weighted by atomic mass is 16.2. The van der Waals surface area contributed by atoms with Gasteiger partial charge in [-0.1, -0.05) is 35.9 Å². The highest BCUT2D eigenvalue weighted by Crippen LogP contribution is 2.36. The molecule has 1 N–H and O–H groups in total. The van der Waals surface area contributed by atoms with E-state index in [9.17, 15) is 14.4 Å². The van der Waals surface area contributed by atoms with E-state index in [0.29, 0.717) is 17.8 Å². The van der Waals surface area contributed by atoms with Crippen LogP contribution in [0.25, 0.3) is 0 Å². The molecule has 7 nitrogen and oxygen atoms in total. The predicted molar refractivity (Wildman–Crippen MR) is 109 cm³/mol. The van der Waals surface area contributed by atoms with E-state index in [0.717, 1.165) is 37.1 Å². The zero-order chi connectivity index (χ0) is 20.5. The molecule has 3 aliphatic heterocycles. The maximum absolute atomic E-state index is 13.3. The number of carbonyl (C=O) groups excluding carboxylic acids is 3. The lowest BCUT2D eigenvalue weighted by molar-refractivity contribution is -0.137. The Bertz CT molecular complexity index is 884. The number of amides is 4. The smallest absolute Gasteiger partial charge is 0.322 e. The highest BCUT2D eigenvalue weighted by molar-refractivity contribution is 6.03. The summed E-state index contributed by atoms with van der Waals surface area (Å²) in [5.74, 6) is -0.218. The first-order valence-corrected chi connectivity index (χ1v) is 10.0. The first kappa shape index (κ1) is 19.2. The van der Waals surface area contributed by atoms with E-state index in [1.807, 2.05) is 36.1 Å². The summed E-state index contributed by atoms with van der Waals surface area (Å²) in [7, 11) is 0. The minimum Gasteiger partial charge on any atom is -0.341 e. The molecule has 0 radical (unpaired) electrons. The summed E-state index contributed by atoms with van der Waals surface area (Å²) in [4.78, 5) is 43.6. The molecule has 4 rings (SSSR count). The molecule has 1 aromatic rings. The van der Waals surface area contributed by atoms with Gasteiger partial charge in [0.15, 0.2) is 0 Å². The van der Waals surface area contributed by atoms with Crippen LogP contribution in [0.4, 0.5) is 4.79 Å². The van der Waals surface area contributed by atoms with Crippen LogP contribution in [0.3, 0.4) is 0 Å². The number of urea groups is 1. The number of nitrogens with zero attached hydrogens (tertiary/aromatic N) is 3. The highest BCUT2D eigenvalue weighted by Gasteiger charge is 2.44. The van der Waals surface area contributed by atoms with Crippen LogP contribution in [0, 0.1) is 6.92 Å². The van der Waals surface area contributed by atoms with E-state index < -0.39 is 6.04 Å². The predicted octanol–water partition coefficient (Wildman–Crippen LogP) is 1.97. The van der Waals surface area contributed by atoms with Crippen molar-refractivity contribution in [3.05, 3.63) is 59.3 Å². The molecule has 0 spiro atoms. The van der Waals surface area contributed by atoms with Gasteiger partial charge in [0.25, 0.3) is 5.91 Å². The van der Waals surface area contributed by atoms with Gasteiger partial charge in [-0.05, 0) is 25.3 Å². The molecule has 4 amide bonds. The summed E-state index contributed by atoms with van der Waals surface area (Å²) < 4.78 is 0. The monoisotopic (exact) mass is 394 g/mol. The van der Waals surface area contributed by atoms with Crippen molar-refractivity contribution >= 4 is 17.8 Å². The van der Waals surface area contributed by atoms with Crippen LogP contribution < -0.4 is 5.32 Å². The lowest BCUT2D eigenvalue weighted by Gasteiger charge is -2.33. The van der Waals surface area contributed by atoms with Crippen LogP contribution in [-0.2, 0) is 9.59 Å². The second kappa shape index (κ2) is 7.73. The van der Waals surface area contributed by atoms with Gasteiger partial charge in [0.05, 0.1) is 23.9 Å². The molecule has 1 fully saturated rings. The molecule has 0 aliphatic carbocycles. The molecule has 1 atom stereocenters. The summed E-state index contributed by atoms with van der Waals surface area (Å²) in [5.41, 5.74) is 3.17. The third-order valence-corrected chi connectivity index (χ3v) is 5.80. The summed E-state index contributed by atoms with van der Waals surface area (Å²) >= 11 is 0. The maximum Gasteiger partial charge on any atom is 0.322 e. The molecule has 3 aliphatic rings. The molecule has 152 valence electrons. The van der Waals surface area contributed by atoms with Crippen LogP contribution in [-0.4, -0.2) is 65.3 Å². The number of hydrogen-bond donors (Lipinski definition) is 1. The van der Waals surface area contributed by atoms with Gasteiger partial charge in [-0.3, -0.25) is 14.5 Å². The number of aryl methyl sites for hydroxylation is 1. The van der Waals surface area contributed by atoms with Gasteiger partial charge in [-0.2, -0.15) is 0 Å². The summed E-state index contributed by atoms with van der Waals surface area (Å²) in [5, 5.41) is 2.96. The molecular weight excluding hydrogens is 368 g/mol. The fourth-order valence-electron chi connectivity index (χ4n) is 4.24. The van der Waals surface area contributed by atoms with E-state index in [2.05, 4.69) is 11.9 Å². The van der Waals surface area contributed by atoms with E-state index in [-0.39, 0.29) is 30.9 Å².